The summed E-state index contributed by atoms with van der Waals surface area (Å²) in [5.74, 6) is 0.221. The number of oxazole rings is 1. The van der Waals surface area contributed by atoms with Gasteiger partial charge >= 0.3 is 0 Å². The van der Waals surface area contributed by atoms with Crippen molar-refractivity contribution in [3.8, 4) is 0 Å². The van der Waals surface area contributed by atoms with Crippen molar-refractivity contribution < 1.29 is 22.4 Å². The van der Waals surface area contributed by atoms with E-state index in [1.165, 1.54) is 16.8 Å². The summed E-state index contributed by atoms with van der Waals surface area (Å²) in [6.07, 6.45) is 3.20. The molecule has 10 heteroatoms. The molecule has 0 N–H and O–H groups in total. The average Bonchev–Trinajstić information content (AvgIpc) is 3.24. The molecule has 2 aliphatic heterocycles. The highest BCUT2D eigenvalue weighted by molar-refractivity contribution is 7.88. The number of nitrogens with zero attached hydrogens (tertiary/aromatic N) is 4. The first-order valence-electron chi connectivity index (χ1n) is 8.83. The predicted molar refractivity (Wildman–Crippen MR) is 94.4 cm³/mol. The second-order valence-corrected chi connectivity index (χ2v) is 8.71. The molecule has 1 atom stereocenters. The molecule has 9 nitrogen and oxygen atoms in total. The molecule has 2 aliphatic rings. The Kier molecular flexibility index (Phi) is 5.96. The molecule has 3 heterocycles. The Hall–Kier alpha value is -1.49. The van der Waals surface area contributed by atoms with Crippen LogP contribution in [-0.4, -0.2) is 98.2 Å². The van der Waals surface area contributed by atoms with Gasteiger partial charge in [-0.15, -0.1) is 0 Å². The summed E-state index contributed by atoms with van der Waals surface area (Å²) < 4.78 is 36.5. The first-order chi connectivity index (χ1) is 12.3. The number of hydrogen-bond acceptors (Lipinski definition) is 7. The van der Waals surface area contributed by atoms with Crippen LogP contribution in [0.4, 0.5) is 0 Å². The topological polar surface area (TPSA) is 96.2 Å². The summed E-state index contributed by atoms with van der Waals surface area (Å²) in [5.41, 5.74) is 0.266. The third kappa shape index (κ3) is 4.61. The van der Waals surface area contributed by atoms with E-state index in [9.17, 15) is 13.2 Å². The molecule has 1 aromatic rings. The number of rotatable bonds is 6. The lowest BCUT2D eigenvalue weighted by molar-refractivity contribution is 0.0353. The fourth-order valence-electron chi connectivity index (χ4n) is 3.47. The molecule has 0 aliphatic carbocycles. The Labute approximate surface area is 153 Å². The predicted octanol–water partition coefficient (Wildman–Crippen LogP) is -0.209. The van der Waals surface area contributed by atoms with Crippen molar-refractivity contribution in [3.63, 3.8) is 0 Å². The monoisotopic (exact) mass is 386 g/mol. The van der Waals surface area contributed by atoms with Gasteiger partial charge in [0.15, 0.2) is 11.6 Å². The van der Waals surface area contributed by atoms with Crippen LogP contribution in [-0.2, 0) is 14.8 Å². The van der Waals surface area contributed by atoms with E-state index in [0.29, 0.717) is 51.7 Å². The number of aromatic nitrogens is 1. The Morgan fingerprint density at radius 2 is 2.08 bits per heavy atom. The second kappa shape index (κ2) is 8.03. The molecule has 2 saturated heterocycles. The number of amides is 1. The Bertz CT molecular complexity index is 729. The number of aryl methyl sites for hydroxylation is 1. The molecule has 26 heavy (non-hydrogen) atoms. The van der Waals surface area contributed by atoms with Crippen LogP contribution in [0, 0.1) is 6.92 Å². The van der Waals surface area contributed by atoms with E-state index in [4.69, 9.17) is 9.15 Å². The minimum absolute atomic E-state index is 0.206. The van der Waals surface area contributed by atoms with Crippen molar-refractivity contribution in [1.29, 1.82) is 0 Å². The zero-order chi connectivity index (χ0) is 18.7. The van der Waals surface area contributed by atoms with Crippen molar-refractivity contribution in [2.75, 3.05) is 58.7 Å². The first kappa shape index (κ1) is 19.3. The molecule has 0 bridgehead atoms. The van der Waals surface area contributed by atoms with Crippen LogP contribution in [0.2, 0.25) is 0 Å². The number of sulfonamides is 1. The van der Waals surface area contributed by atoms with Crippen molar-refractivity contribution in [2.24, 2.45) is 0 Å². The third-order valence-corrected chi connectivity index (χ3v) is 6.19. The molecule has 3 rings (SSSR count). The Balaban J connectivity index is 1.61. The van der Waals surface area contributed by atoms with Gasteiger partial charge < -0.3 is 14.1 Å². The summed E-state index contributed by atoms with van der Waals surface area (Å²) in [6, 6.07) is -0.206. The van der Waals surface area contributed by atoms with E-state index < -0.39 is 10.0 Å². The zero-order valence-corrected chi connectivity index (χ0v) is 16.1. The minimum Gasteiger partial charge on any atom is -0.448 e. The molecule has 1 aromatic heterocycles. The zero-order valence-electron chi connectivity index (χ0n) is 15.3. The van der Waals surface area contributed by atoms with Gasteiger partial charge in [-0.25, -0.2) is 13.4 Å². The minimum atomic E-state index is -3.36. The van der Waals surface area contributed by atoms with Crippen molar-refractivity contribution in [2.45, 2.75) is 19.4 Å². The Morgan fingerprint density at radius 1 is 1.35 bits per heavy atom. The molecule has 1 amide bonds. The molecule has 0 radical (unpaired) electrons. The van der Waals surface area contributed by atoms with Crippen LogP contribution in [0.15, 0.2) is 10.7 Å². The maximum atomic E-state index is 12.5. The lowest BCUT2D eigenvalue weighted by Gasteiger charge is -2.31. The second-order valence-electron chi connectivity index (χ2n) is 6.77. The summed E-state index contributed by atoms with van der Waals surface area (Å²) >= 11 is 0. The fraction of sp³-hybridized carbons (Fsp3) is 0.750. The van der Waals surface area contributed by atoms with Gasteiger partial charge in [0, 0.05) is 52.2 Å². The lowest BCUT2D eigenvalue weighted by Crippen LogP contribution is -2.47. The van der Waals surface area contributed by atoms with E-state index in [-0.39, 0.29) is 17.6 Å². The fourth-order valence-corrected chi connectivity index (χ4v) is 4.60. The van der Waals surface area contributed by atoms with Crippen LogP contribution in [0.25, 0.3) is 0 Å². The van der Waals surface area contributed by atoms with Crippen LogP contribution < -0.4 is 0 Å². The number of morpholine rings is 1. The van der Waals surface area contributed by atoms with E-state index in [1.807, 2.05) is 0 Å². The molecule has 1 unspecified atom stereocenters. The van der Waals surface area contributed by atoms with Crippen LogP contribution in [0.3, 0.4) is 0 Å². The largest absolute Gasteiger partial charge is 0.448 e. The lowest BCUT2D eigenvalue weighted by atomic mass is 10.2. The van der Waals surface area contributed by atoms with Gasteiger partial charge in [-0.3, -0.25) is 9.69 Å². The number of carbonyl (C=O) groups is 1. The quantitative estimate of drug-likeness (QED) is 0.667. The van der Waals surface area contributed by atoms with E-state index in [0.717, 1.165) is 13.1 Å². The van der Waals surface area contributed by atoms with Gasteiger partial charge in [0.1, 0.15) is 6.26 Å². The summed E-state index contributed by atoms with van der Waals surface area (Å²) in [4.78, 5) is 20.4. The molecule has 0 saturated carbocycles. The van der Waals surface area contributed by atoms with E-state index >= 15 is 0 Å². The molecule has 146 valence electrons. The van der Waals surface area contributed by atoms with Gasteiger partial charge in [-0.2, -0.15) is 4.31 Å². The summed E-state index contributed by atoms with van der Waals surface area (Å²) in [6.45, 7) is 6.67. The number of carbonyl (C=O) groups excluding carboxylic acids is 1. The highest BCUT2D eigenvalue weighted by Crippen LogP contribution is 2.20. The average molecular weight is 386 g/mol. The highest BCUT2D eigenvalue weighted by Gasteiger charge is 2.35. The molecule has 0 spiro atoms. The van der Waals surface area contributed by atoms with Crippen LogP contribution in [0.1, 0.15) is 22.8 Å². The third-order valence-electron chi connectivity index (χ3n) is 4.86. The first-order valence-corrected chi connectivity index (χ1v) is 10.7. The van der Waals surface area contributed by atoms with Crippen molar-refractivity contribution in [1.82, 2.24) is 19.1 Å². The van der Waals surface area contributed by atoms with Crippen molar-refractivity contribution in [3.05, 3.63) is 17.8 Å². The van der Waals surface area contributed by atoms with E-state index in [2.05, 4.69) is 9.88 Å². The van der Waals surface area contributed by atoms with E-state index in [1.54, 1.807) is 11.8 Å². The SMILES string of the molecule is Cc1nc(C(=O)N2CCC(N(CCN3CCOCC3)S(C)(=O)=O)C2)co1. The molecule has 2 fully saturated rings. The number of hydrogen-bond donors (Lipinski definition) is 0. The molecule has 0 aromatic carbocycles. The summed E-state index contributed by atoms with van der Waals surface area (Å²) in [7, 11) is -3.36. The van der Waals surface area contributed by atoms with Gasteiger partial charge in [0.05, 0.1) is 19.5 Å². The highest BCUT2D eigenvalue weighted by atomic mass is 32.2. The standard InChI is InChI=1S/C16H26N4O5S/c1-13-17-15(12-25-13)16(21)19-4-3-14(11-19)20(26(2,22)23)6-5-18-7-9-24-10-8-18/h12,14H,3-11H2,1-2H3. The van der Waals surface area contributed by atoms with Gasteiger partial charge in [0.2, 0.25) is 10.0 Å². The van der Waals surface area contributed by atoms with Crippen LogP contribution >= 0.6 is 0 Å². The normalized spacial score (nSPS) is 22.3. The maximum absolute atomic E-state index is 12.5. The molecular formula is C16H26N4O5S. The molecular weight excluding hydrogens is 360 g/mol. The smallest absolute Gasteiger partial charge is 0.275 e. The van der Waals surface area contributed by atoms with Crippen molar-refractivity contribution >= 4 is 15.9 Å². The van der Waals surface area contributed by atoms with Crippen LogP contribution in [0.5, 0.6) is 0 Å². The summed E-state index contributed by atoms with van der Waals surface area (Å²) in [5, 5.41) is 0. The number of likely N-dealkylation sites (tertiary alicyclic amines) is 1. The number of ether oxygens (including phenoxy) is 1. The van der Waals surface area contributed by atoms with Gasteiger partial charge in [-0.1, -0.05) is 0 Å². The van der Waals surface area contributed by atoms with Gasteiger partial charge in [0.25, 0.3) is 5.91 Å². The maximum Gasteiger partial charge on any atom is 0.275 e. The Morgan fingerprint density at radius 3 is 2.69 bits per heavy atom. The van der Waals surface area contributed by atoms with Gasteiger partial charge in [-0.05, 0) is 6.42 Å².